The number of aliphatic hydroxyl groups is 1. The van der Waals surface area contributed by atoms with Crippen molar-refractivity contribution in [3.05, 3.63) is 122 Å². The fourth-order valence-electron chi connectivity index (χ4n) is 4.60. The number of hydrogen-bond donors (Lipinski definition) is 5. The van der Waals surface area contributed by atoms with Gasteiger partial charge in [-0.2, -0.15) is 4.99 Å². The Labute approximate surface area is 356 Å². The molecule has 18 heteroatoms. The summed E-state index contributed by atoms with van der Waals surface area (Å²) < 4.78 is 9.71. The zero-order valence-electron chi connectivity index (χ0n) is 36.2. The number of likely N-dealkylation sites (N-methyl/N-ethyl adjacent to an activating group) is 2. The molecule has 0 unspecified atom stereocenters. The van der Waals surface area contributed by atoms with Gasteiger partial charge in [0, 0.05) is 68.4 Å². The number of aryl methyl sites for hydroxylation is 1. The number of non-ortho nitro benzene ring substituents is 2. The number of nitro benzene ring substituents is 2. The standard InChI is InChI=1S/C15H24O.C12H13N3O5.C7H4N2O3.C5H9NO2.C4H8O/c1-10-8-11(14(2,3)4)13(16)12(9-10)15(5,6)7;1-8(11(16)13-2)7-20-12(17)14-9-3-5-10(6-4-9)15(18)19;10-5-8-6-1-3-7(4-2-6)9(11)12;1-4(3-7)5(8)6-2;1-2-4-5-3-1/h8-9,16H,1-7H3;3-6H,1,7H2,2H3,(H,13,16)(H,14,17);1-4H;7H,1,3H2,2H3,(H,6,8);1-4H2. The summed E-state index contributed by atoms with van der Waals surface area (Å²) in [6, 6.07) is 14.7. The topological polar surface area (TPSA) is 262 Å². The lowest BCUT2D eigenvalue weighted by atomic mass is 9.78. The number of phenolic OH excluding ortho intramolecular Hbond substituents is 1. The summed E-state index contributed by atoms with van der Waals surface area (Å²) in [5.41, 5.74) is 4.13. The zero-order chi connectivity index (χ0) is 46.9. The Bertz CT molecular complexity index is 1910. The highest BCUT2D eigenvalue weighted by atomic mass is 16.6. The van der Waals surface area contributed by atoms with E-state index in [9.17, 15) is 44.5 Å². The Kier molecular flexibility index (Phi) is 24.1. The van der Waals surface area contributed by atoms with Crippen LogP contribution in [0.4, 0.5) is 27.5 Å². The van der Waals surface area contributed by atoms with Crippen LogP contribution >= 0.6 is 0 Å². The molecule has 1 aliphatic rings. The summed E-state index contributed by atoms with van der Waals surface area (Å²) >= 11 is 0. The van der Waals surface area contributed by atoms with Gasteiger partial charge in [0.1, 0.15) is 12.4 Å². The van der Waals surface area contributed by atoms with Crippen LogP contribution in [0.2, 0.25) is 0 Å². The Morgan fingerprint density at radius 2 is 1.25 bits per heavy atom. The Morgan fingerprint density at radius 3 is 1.57 bits per heavy atom. The van der Waals surface area contributed by atoms with Gasteiger partial charge < -0.3 is 30.3 Å². The second-order valence-corrected chi connectivity index (χ2v) is 15.0. The molecule has 0 saturated carbocycles. The molecule has 0 aromatic heterocycles. The number of aromatic hydroxyl groups is 1. The number of nitro groups is 2. The van der Waals surface area contributed by atoms with Gasteiger partial charge in [0.25, 0.3) is 11.4 Å². The van der Waals surface area contributed by atoms with E-state index >= 15 is 0 Å². The number of hydrogen-bond acceptors (Lipinski definition) is 13. The SMILES string of the molecule is C1CCOC1.C=C(CO)C(=O)NC.C=C(COC(=O)Nc1ccc([N+](=O)[O-])cc1)C(=O)NC.Cc1cc(C(C)(C)C)c(O)c(C(C)(C)C)c1.O=C=Nc1ccc([N+](=O)[O-])cc1. The molecule has 4 rings (SSSR count). The van der Waals surface area contributed by atoms with Gasteiger partial charge in [-0.1, -0.05) is 72.4 Å². The number of phenols is 1. The number of aliphatic hydroxyl groups excluding tert-OH is 1. The lowest BCUT2D eigenvalue weighted by Gasteiger charge is -2.27. The fraction of sp³-hybridized carbons (Fsp3) is 0.395. The predicted octanol–water partition coefficient (Wildman–Crippen LogP) is 7.38. The maximum absolute atomic E-state index is 11.4. The van der Waals surface area contributed by atoms with Crippen molar-refractivity contribution in [1.29, 1.82) is 0 Å². The van der Waals surface area contributed by atoms with E-state index < -0.39 is 21.8 Å². The molecule has 1 heterocycles. The predicted molar refractivity (Wildman–Crippen MR) is 233 cm³/mol. The third-order valence-electron chi connectivity index (χ3n) is 7.92. The van der Waals surface area contributed by atoms with Crippen molar-refractivity contribution in [3.8, 4) is 5.75 Å². The van der Waals surface area contributed by atoms with Crippen molar-refractivity contribution in [3.63, 3.8) is 0 Å². The molecular formula is C43H58N6O12. The van der Waals surface area contributed by atoms with Gasteiger partial charge in [-0.05, 0) is 66.0 Å². The number of benzene rings is 3. The number of ether oxygens (including phenoxy) is 2. The summed E-state index contributed by atoms with van der Waals surface area (Å²) in [6.07, 6.45) is 3.11. The average Bonchev–Trinajstić information content (AvgIpc) is 3.81. The highest BCUT2D eigenvalue weighted by Crippen LogP contribution is 2.39. The lowest BCUT2D eigenvalue weighted by Crippen LogP contribution is -2.24. The second kappa shape index (κ2) is 27.1. The molecule has 1 fully saturated rings. The van der Waals surface area contributed by atoms with Crippen molar-refractivity contribution in [1.82, 2.24) is 10.6 Å². The van der Waals surface area contributed by atoms with Gasteiger partial charge in [0.2, 0.25) is 17.9 Å². The normalized spacial score (nSPS) is 11.2. The van der Waals surface area contributed by atoms with Crippen LogP contribution < -0.4 is 16.0 Å². The molecule has 5 N–H and O–H groups in total. The Hall–Kier alpha value is -6.75. The molecule has 1 aliphatic heterocycles. The van der Waals surface area contributed by atoms with Gasteiger partial charge in [-0.15, -0.1) is 0 Å². The van der Waals surface area contributed by atoms with E-state index in [0.29, 0.717) is 17.1 Å². The highest BCUT2D eigenvalue weighted by Gasteiger charge is 2.25. The summed E-state index contributed by atoms with van der Waals surface area (Å²) in [4.78, 5) is 65.5. The van der Waals surface area contributed by atoms with Crippen molar-refractivity contribution in [2.75, 3.05) is 45.8 Å². The number of nitrogens with one attached hydrogen (secondary N) is 3. The van der Waals surface area contributed by atoms with Crippen molar-refractivity contribution in [2.24, 2.45) is 4.99 Å². The van der Waals surface area contributed by atoms with Crippen LogP contribution in [0.25, 0.3) is 0 Å². The highest BCUT2D eigenvalue weighted by molar-refractivity contribution is 5.93. The minimum absolute atomic E-state index is 0.0178. The van der Waals surface area contributed by atoms with Crippen LogP contribution in [0.1, 0.15) is 71.1 Å². The maximum atomic E-state index is 11.4. The molecule has 18 nitrogen and oxygen atoms in total. The monoisotopic (exact) mass is 850 g/mol. The molecule has 3 aromatic carbocycles. The number of amides is 3. The third-order valence-corrected chi connectivity index (χ3v) is 7.92. The van der Waals surface area contributed by atoms with Crippen molar-refractivity contribution < 1.29 is 48.7 Å². The first-order valence-electron chi connectivity index (χ1n) is 18.8. The van der Waals surface area contributed by atoms with Gasteiger partial charge in [0.05, 0.1) is 22.1 Å². The summed E-state index contributed by atoms with van der Waals surface area (Å²) in [6.45, 7) is 23.1. The molecule has 0 spiro atoms. The summed E-state index contributed by atoms with van der Waals surface area (Å²) in [5.74, 6) is -0.272. The molecule has 3 amide bonds. The maximum Gasteiger partial charge on any atom is 0.411 e. The smallest absolute Gasteiger partial charge is 0.411 e. The molecule has 0 atom stereocenters. The zero-order valence-corrected chi connectivity index (χ0v) is 36.2. The van der Waals surface area contributed by atoms with Gasteiger partial charge in [0.15, 0.2) is 0 Å². The number of isocyanates is 1. The number of carbonyl (C=O) groups excluding carboxylic acids is 4. The number of carbonyl (C=O) groups is 3. The molecular weight excluding hydrogens is 793 g/mol. The molecule has 3 aromatic rings. The van der Waals surface area contributed by atoms with E-state index in [2.05, 4.69) is 94.7 Å². The van der Waals surface area contributed by atoms with Crippen molar-refractivity contribution in [2.45, 2.75) is 72.1 Å². The summed E-state index contributed by atoms with van der Waals surface area (Å²) in [5, 5.41) is 46.3. The van der Waals surface area contributed by atoms with E-state index in [1.165, 1.54) is 87.1 Å². The lowest BCUT2D eigenvalue weighted by molar-refractivity contribution is -0.385. The van der Waals surface area contributed by atoms with Crippen LogP contribution in [-0.4, -0.2) is 84.6 Å². The van der Waals surface area contributed by atoms with E-state index in [-0.39, 0.29) is 52.5 Å². The Morgan fingerprint density at radius 1 is 0.820 bits per heavy atom. The third kappa shape index (κ3) is 21.7. The van der Waals surface area contributed by atoms with Gasteiger partial charge in [-0.25, -0.2) is 9.59 Å². The average molecular weight is 851 g/mol. The number of nitrogens with zero attached hydrogens (tertiary/aromatic N) is 3. The van der Waals surface area contributed by atoms with Crippen LogP contribution in [0, 0.1) is 27.2 Å². The first kappa shape index (κ1) is 54.2. The van der Waals surface area contributed by atoms with Crippen LogP contribution in [-0.2, 0) is 34.7 Å². The van der Waals surface area contributed by atoms with Crippen LogP contribution in [0.5, 0.6) is 5.75 Å². The largest absolute Gasteiger partial charge is 0.507 e. The molecule has 1 saturated heterocycles. The first-order valence-corrected chi connectivity index (χ1v) is 18.8. The quantitative estimate of drug-likeness (QED) is 0.0464. The molecule has 332 valence electrons. The Balaban J connectivity index is 0.000000786. The molecule has 61 heavy (non-hydrogen) atoms. The van der Waals surface area contributed by atoms with Crippen LogP contribution in [0.3, 0.4) is 0 Å². The van der Waals surface area contributed by atoms with E-state index in [1.54, 1.807) is 0 Å². The fourth-order valence-corrected chi connectivity index (χ4v) is 4.60. The second-order valence-electron chi connectivity index (χ2n) is 15.0. The number of rotatable bonds is 9. The molecule has 0 radical (unpaired) electrons. The van der Waals surface area contributed by atoms with E-state index in [0.717, 1.165) is 24.3 Å². The minimum Gasteiger partial charge on any atom is -0.507 e. The number of aliphatic imine (C=N–C) groups is 1. The van der Waals surface area contributed by atoms with Crippen molar-refractivity contribution >= 4 is 46.7 Å². The van der Waals surface area contributed by atoms with E-state index in [4.69, 9.17) is 14.6 Å². The van der Waals surface area contributed by atoms with E-state index in [1.807, 2.05) is 0 Å². The number of anilines is 1. The summed E-state index contributed by atoms with van der Waals surface area (Å²) in [7, 11) is 2.92. The van der Waals surface area contributed by atoms with Gasteiger partial charge in [-0.3, -0.25) is 35.1 Å². The van der Waals surface area contributed by atoms with Crippen LogP contribution in [0.15, 0.2) is 90.0 Å². The molecule has 0 bridgehead atoms. The minimum atomic E-state index is -0.788. The molecule has 0 aliphatic carbocycles. The first-order chi connectivity index (χ1) is 28.4. The van der Waals surface area contributed by atoms with Gasteiger partial charge >= 0.3 is 6.09 Å².